The van der Waals surface area contributed by atoms with Crippen LogP contribution in [0.15, 0.2) is 36.8 Å². The summed E-state index contributed by atoms with van der Waals surface area (Å²) in [5.41, 5.74) is 4.73. The number of aliphatic carboxylic acids is 1. The zero-order chi connectivity index (χ0) is 24.4. The fourth-order valence-corrected chi connectivity index (χ4v) is 4.96. The summed E-state index contributed by atoms with van der Waals surface area (Å²) >= 11 is 0. The fraction of sp³-hybridized carbons (Fsp3) is 0.423. The number of rotatable bonds is 8. The van der Waals surface area contributed by atoms with Gasteiger partial charge in [-0.2, -0.15) is 0 Å². The molecule has 1 amide bonds. The van der Waals surface area contributed by atoms with Gasteiger partial charge in [0.1, 0.15) is 17.3 Å². The second kappa shape index (κ2) is 9.85. The van der Waals surface area contributed by atoms with Crippen molar-refractivity contribution in [3.05, 3.63) is 70.7 Å². The van der Waals surface area contributed by atoms with Crippen molar-refractivity contribution in [3.8, 4) is 0 Å². The van der Waals surface area contributed by atoms with E-state index in [2.05, 4.69) is 27.4 Å². The van der Waals surface area contributed by atoms with E-state index < -0.39 is 12.0 Å². The molecule has 0 radical (unpaired) electrons. The molecule has 1 unspecified atom stereocenters. The first-order chi connectivity index (χ1) is 17.0. The number of aromatic nitrogens is 4. The Morgan fingerprint density at radius 3 is 2.83 bits per heavy atom. The van der Waals surface area contributed by atoms with Crippen LogP contribution in [0.5, 0.6) is 0 Å². The highest BCUT2D eigenvalue weighted by atomic mass is 16.4. The Bertz CT molecular complexity index is 1240. The highest BCUT2D eigenvalue weighted by molar-refractivity contribution is 5.94. The minimum atomic E-state index is -0.962. The number of fused-ring (bicyclic) bond motifs is 2. The molecule has 5 rings (SSSR count). The molecule has 182 valence electrons. The Labute approximate surface area is 204 Å². The Morgan fingerprint density at radius 1 is 1.20 bits per heavy atom. The van der Waals surface area contributed by atoms with E-state index in [1.165, 1.54) is 5.56 Å². The average molecular weight is 475 g/mol. The van der Waals surface area contributed by atoms with Crippen LogP contribution < -0.4 is 5.32 Å². The molecular weight excluding hydrogens is 444 g/mol. The van der Waals surface area contributed by atoms with Gasteiger partial charge in [-0.05, 0) is 62.3 Å². The van der Waals surface area contributed by atoms with Gasteiger partial charge in [0.05, 0.1) is 12.5 Å². The fourth-order valence-electron chi connectivity index (χ4n) is 4.96. The van der Waals surface area contributed by atoms with Crippen LogP contribution >= 0.6 is 0 Å². The summed E-state index contributed by atoms with van der Waals surface area (Å²) in [6.07, 6.45) is 10.0. The Hall–Kier alpha value is -3.75. The van der Waals surface area contributed by atoms with Crippen molar-refractivity contribution in [2.75, 3.05) is 18.4 Å². The number of hydrogen-bond acceptors (Lipinski definition) is 6. The first kappa shape index (κ1) is 23.0. The third kappa shape index (κ3) is 5.03. The van der Waals surface area contributed by atoms with Crippen LogP contribution in [0.25, 0.3) is 0 Å². The number of carboxylic acids is 1. The molecule has 2 aliphatic heterocycles. The summed E-state index contributed by atoms with van der Waals surface area (Å²) < 4.78 is 1.98. The van der Waals surface area contributed by atoms with Crippen molar-refractivity contribution in [1.29, 1.82) is 0 Å². The second-order valence-electron chi connectivity index (χ2n) is 9.30. The summed E-state index contributed by atoms with van der Waals surface area (Å²) in [5.74, 6) is 0.509. The average Bonchev–Trinajstić information content (AvgIpc) is 3.27. The van der Waals surface area contributed by atoms with Crippen molar-refractivity contribution >= 4 is 17.7 Å². The molecule has 5 heterocycles. The zero-order valence-corrected chi connectivity index (χ0v) is 19.9. The molecule has 0 saturated carbocycles. The Balaban J connectivity index is 1.26. The van der Waals surface area contributed by atoms with Gasteiger partial charge in [0, 0.05) is 49.5 Å². The van der Waals surface area contributed by atoms with Crippen LogP contribution in [0.4, 0.5) is 5.82 Å². The van der Waals surface area contributed by atoms with Gasteiger partial charge in [0.2, 0.25) is 0 Å². The third-order valence-electron chi connectivity index (χ3n) is 6.80. The molecule has 0 spiro atoms. The molecule has 1 atom stereocenters. The van der Waals surface area contributed by atoms with Gasteiger partial charge >= 0.3 is 5.97 Å². The molecular formula is C26H30N6O3. The predicted molar refractivity (Wildman–Crippen MR) is 130 cm³/mol. The van der Waals surface area contributed by atoms with Gasteiger partial charge in [-0.15, -0.1) is 0 Å². The smallest absolute Gasteiger partial charge is 0.305 e. The lowest BCUT2D eigenvalue weighted by atomic mass is 10.0. The van der Waals surface area contributed by atoms with Crippen LogP contribution in [0.2, 0.25) is 0 Å². The van der Waals surface area contributed by atoms with Crippen LogP contribution in [0.1, 0.15) is 64.0 Å². The van der Waals surface area contributed by atoms with Crippen molar-refractivity contribution in [3.63, 3.8) is 0 Å². The number of pyridine rings is 1. The normalized spacial score (nSPS) is 15.8. The number of amides is 1. The van der Waals surface area contributed by atoms with Crippen molar-refractivity contribution in [1.82, 2.24) is 24.4 Å². The number of nitrogens with one attached hydrogen (secondary N) is 1. The Morgan fingerprint density at radius 2 is 2.03 bits per heavy atom. The van der Waals surface area contributed by atoms with Crippen molar-refractivity contribution in [2.45, 2.75) is 58.0 Å². The summed E-state index contributed by atoms with van der Waals surface area (Å²) in [6.45, 7) is 3.82. The monoisotopic (exact) mass is 474 g/mol. The molecule has 0 aromatic carbocycles. The van der Waals surface area contributed by atoms with E-state index in [0.29, 0.717) is 30.2 Å². The molecule has 3 aromatic rings. The number of anilines is 1. The summed E-state index contributed by atoms with van der Waals surface area (Å²) in [5, 5.41) is 12.9. The molecule has 0 bridgehead atoms. The summed E-state index contributed by atoms with van der Waals surface area (Å²) in [7, 11) is 0. The number of carbonyl (C=O) groups is 2. The van der Waals surface area contributed by atoms with E-state index in [0.717, 1.165) is 55.7 Å². The molecule has 3 aromatic heterocycles. The number of carboxylic acid groups (broad SMARTS) is 1. The van der Waals surface area contributed by atoms with Crippen LogP contribution in [0, 0.1) is 6.92 Å². The molecule has 0 fully saturated rings. The molecule has 35 heavy (non-hydrogen) atoms. The maximum absolute atomic E-state index is 13.4. The molecule has 0 saturated heterocycles. The van der Waals surface area contributed by atoms with Crippen LogP contribution in [-0.4, -0.2) is 54.5 Å². The van der Waals surface area contributed by atoms with Crippen LogP contribution in [-0.2, 0) is 30.6 Å². The maximum Gasteiger partial charge on any atom is 0.305 e. The topological polar surface area (TPSA) is 113 Å². The van der Waals surface area contributed by atoms with Crippen LogP contribution in [0.3, 0.4) is 0 Å². The van der Waals surface area contributed by atoms with E-state index in [-0.39, 0.29) is 12.3 Å². The maximum atomic E-state index is 13.4. The van der Waals surface area contributed by atoms with Gasteiger partial charge in [0.25, 0.3) is 5.91 Å². The quantitative estimate of drug-likeness (QED) is 0.515. The van der Waals surface area contributed by atoms with Gasteiger partial charge in [-0.25, -0.2) is 15.0 Å². The number of nitrogens with zero attached hydrogens (tertiary/aromatic N) is 5. The van der Waals surface area contributed by atoms with E-state index in [1.807, 2.05) is 16.8 Å². The minimum Gasteiger partial charge on any atom is -0.481 e. The number of hydrogen-bond donors (Lipinski definition) is 2. The SMILES string of the molecule is Cc1ncc(C(CC(=O)O)N2CCn3cc(CCCc4ccc5c(n4)NCCC5)cc3C2=O)cn1. The van der Waals surface area contributed by atoms with E-state index >= 15 is 0 Å². The van der Waals surface area contributed by atoms with Gasteiger partial charge in [-0.1, -0.05) is 6.07 Å². The molecule has 9 heteroatoms. The minimum absolute atomic E-state index is 0.156. The number of aryl methyl sites for hydroxylation is 4. The number of carbonyl (C=O) groups excluding carboxylic acids is 1. The molecule has 9 nitrogen and oxygen atoms in total. The van der Waals surface area contributed by atoms with Gasteiger partial charge < -0.3 is 19.9 Å². The molecule has 2 N–H and O–H groups in total. The van der Waals surface area contributed by atoms with E-state index in [9.17, 15) is 14.7 Å². The summed E-state index contributed by atoms with van der Waals surface area (Å²) in [6, 6.07) is 5.65. The van der Waals surface area contributed by atoms with Crippen molar-refractivity contribution < 1.29 is 14.7 Å². The first-order valence-electron chi connectivity index (χ1n) is 12.2. The summed E-state index contributed by atoms with van der Waals surface area (Å²) in [4.78, 5) is 39.8. The van der Waals surface area contributed by atoms with E-state index in [1.54, 1.807) is 24.2 Å². The third-order valence-corrected chi connectivity index (χ3v) is 6.80. The van der Waals surface area contributed by atoms with Gasteiger partial charge in [-0.3, -0.25) is 9.59 Å². The molecule has 2 aliphatic rings. The largest absolute Gasteiger partial charge is 0.481 e. The Kier molecular flexibility index (Phi) is 6.48. The lowest BCUT2D eigenvalue weighted by Gasteiger charge is -2.34. The zero-order valence-electron chi connectivity index (χ0n) is 19.9. The predicted octanol–water partition coefficient (Wildman–Crippen LogP) is 3.19. The lowest BCUT2D eigenvalue weighted by molar-refractivity contribution is -0.138. The standard InChI is InChI=1S/C26H30N6O3/c1-17-28-14-20(15-29-17)22(13-24(33)34)32-11-10-31-16-18(12-23(31)26(32)35)4-2-6-21-8-7-19-5-3-9-27-25(19)30-21/h7-8,12,14-16,22H,2-6,9-11,13H2,1H3,(H,27,30)(H,33,34). The van der Waals surface area contributed by atoms with Crippen molar-refractivity contribution in [2.24, 2.45) is 0 Å². The van der Waals surface area contributed by atoms with E-state index in [4.69, 9.17) is 4.98 Å². The molecule has 0 aliphatic carbocycles. The first-order valence-corrected chi connectivity index (χ1v) is 12.2. The van der Waals surface area contributed by atoms with Gasteiger partial charge in [0.15, 0.2) is 0 Å². The highest BCUT2D eigenvalue weighted by Crippen LogP contribution is 2.29. The lowest BCUT2D eigenvalue weighted by Crippen LogP contribution is -2.43. The highest BCUT2D eigenvalue weighted by Gasteiger charge is 2.33. The second-order valence-corrected chi connectivity index (χ2v) is 9.30.